The zero-order valence-electron chi connectivity index (χ0n) is 10.3. The monoisotopic (exact) mass is 240 g/mol. The molecule has 0 aromatic heterocycles. The van der Waals surface area contributed by atoms with Crippen molar-refractivity contribution in [2.24, 2.45) is 11.8 Å². The lowest BCUT2D eigenvalue weighted by Gasteiger charge is -2.34. The van der Waals surface area contributed by atoms with Crippen molar-refractivity contribution in [2.75, 3.05) is 32.7 Å². The van der Waals surface area contributed by atoms with E-state index in [2.05, 4.69) is 11.8 Å². The van der Waals surface area contributed by atoms with Gasteiger partial charge in [-0.15, -0.1) is 0 Å². The van der Waals surface area contributed by atoms with Crippen molar-refractivity contribution in [1.29, 1.82) is 0 Å². The lowest BCUT2D eigenvalue weighted by Crippen LogP contribution is -2.49. The van der Waals surface area contributed by atoms with E-state index >= 15 is 0 Å². The first-order chi connectivity index (χ1) is 8.08. The summed E-state index contributed by atoms with van der Waals surface area (Å²) in [6, 6.07) is 0. The van der Waals surface area contributed by atoms with E-state index in [1.165, 1.54) is 0 Å². The van der Waals surface area contributed by atoms with E-state index in [0.29, 0.717) is 18.4 Å². The van der Waals surface area contributed by atoms with Gasteiger partial charge in [0.2, 0.25) is 5.91 Å². The number of carboxylic acid groups (broad SMARTS) is 1. The summed E-state index contributed by atoms with van der Waals surface area (Å²) in [7, 11) is 0. The van der Waals surface area contributed by atoms with Crippen molar-refractivity contribution in [1.82, 2.24) is 9.80 Å². The molecule has 1 aliphatic heterocycles. The van der Waals surface area contributed by atoms with Gasteiger partial charge >= 0.3 is 5.97 Å². The molecule has 96 valence electrons. The van der Waals surface area contributed by atoms with Gasteiger partial charge in [-0.1, -0.05) is 6.92 Å². The Labute approximate surface area is 101 Å². The third kappa shape index (κ3) is 3.19. The Balaban J connectivity index is 1.70. The molecular formula is C12H20N2O3. The highest BCUT2D eigenvalue weighted by molar-refractivity contribution is 5.81. The number of rotatable bonds is 4. The smallest absolute Gasteiger partial charge is 0.304 e. The van der Waals surface area contributed by atoms with E-state index in [4.69, 9.17) is 5.11 Å². The Kier molecular flexibility index (Phi) is 3.66. The molecule has 2 aliphatic rings. The number of carbonyl (C=O) groups excluding carboxylic acids is 1. The molecule has 17 heavy (non-hydrogen) atoms. The second-order valence-corrected chi connectivity index (χ2v) is 5.13. The van der Waals surface area contributed by atoms with Gasteiger partial charge in [-0.2, -0.15) is 0 Å². The first-order valence-electron chi connectivity index (χ1n) is 6.31. The van der Waals surface area contributed by atoms with Crippen LogP contribution in [0, 0.1) is 11.8 Å². The van der Waals surface area contributed by atoms with E-state index in [1.807, 2.05) is 4.90 Å². The minimum Gasteiger partial charge on any atom is -0.481 e. The molecule has 1 N–H and O–H groups in total. The standard InChI is InChI=1S/C12H20N2O3/c1-9-8-10(9)12(17)14-6-4-13(5-7-14)3-2-11(15)16/h9-10H,2-8H2,1H3,(H,15,16). The first-order valence-corrected chi connectivity index (χ1v) is 6.31. The van der Waals surface area contributed by atoms with Gasteiger partial charge in [0, 0.05) is 38.6 Å². The Morgan fingerprint density at radius 3 is 2.29 bits per heavy atom. The van der Waals surface area contributed by atoms with Crippen LogP contribution in [0.15, 0.2) is 0 Å². The van der Waals surface area contributed by atoms with Gasteiger partial charge in [-0.3, -0.25) is 14.5 Å². The number of carboxylic acids is 1. The highest BCUT2D eigenvalue weighted by atomic mass is 16.4. The quantitative estimate of drug-likeness (QED) is 0.766. The molecule has 1 aliphatic carbocycles. The SMILES string of the molecule is CC1CC1C(=O)N1CCN(CCC(=O)O)CC1. The number of carbonyl (C=O) groups is 2. The topological polar surface area (TPSA) is 60.9 Å². The van der Waals surface area contributed by atoms with Crippen LogP contribution < -0.4 is 0 Å². The zero-order chi connectivity index (χ0) is 12.4. The van der Waals surface area contributed by atoms with E-state index in [-0.39, 0.29) is 12.3 Å². The lowest BCUT2D eigenvalue weighted by molar-refractivity contribution is -0.138. The molecule has 0 aromatic carbocycles. The van der Waals surface area contributed by atoms with Crippen LogP contribution in [-0.4, -0.2) is 59.5 Å². The van der Waals surface area contributed by atoms with Gasteiger partial charge in [-0.05, 0) is 12.3 Å². The molecule has 0 spiro atoms. The van der Waals surface area contributed by atoms with Crippen LogP contribution in [0.4, 0.5) is 0 Å². The van der Waals surface area contributed by atoms with Crippen molar-refractivity contribution in [3.63, 3.8) is 0 Å². The molecule has 1 heterocycles. The number of amides is 1. The van der Waals surface area contributed by atoms with Gasteiger partial charge in [0.1, 0.15) is 0 Å². The van der Waals surface area contributed by atoms with E-state index in [1.54, 1.807) is 0 Å². The average Bonchev–Trinajstić information content (AvgIpc) is 3.03. The highest BCUT2D eigenvalue weighted by Crippen LogP contribution is 2.39. The Morgan fingerprint density at radius 2 is 1.82 bits per heavy atom. The summed E-state index contributed by atoms with van der Waals surface area (Å²) in [4.78, 5) is 26.5. The second-order valence-electron chi connectivity index (χ2n) is 5.13. The summed E-state index contributed by atoms with van der Waals surface area (Å²) < 4.78 is 0. The Hall–Kier alpha value is -1.10. The number of piperazine rings is 1. The van der Waals surface area contributed by atoms with Crippen LogP contribution in [0.1, 0.15) is 19.8 Å². The lowest BCUT2D eigenvalue weighted by atomic mass is 10.2. The maximum atomic E-state index is 12.0. The van der Waals surface area contributed by atoms with Crippen LogP contribution in [0.5, 0.6) is 0 Å². The molecule has 5 nitrogen and oxygen atoms in total. The van der Waals surface area contributed by atoms with Gasteiger partial charge in [0.15, 0.2) is 0 Å². The fraction of sp³-hybridized carbons (Fsp3) is 0.833. The molecule has 2 fully saturated rings. The van der Waals surface area contributed by atoms with E-state index in [9.17, 15) is 9.59 Å². The van der Waals surface area contributed by atoms with Crippen molar-refractivity contribution in [3.8, 4) is 0 Å². The van der Waals surface area contributed by atoms with Crippen molar-refractivity contribution in [2.45, 2.75) is 19.8 Å². The molecule has 0 bridgehead atoms. The van der Waals surface area contributed by atoms with Crippen LogP contribution in [0.25, 0.3) is 0 Å². The normalized spacial score (nSPS) is 29.1. The summed E-state index contributed by atoms with van der Waals surface area (Å²) in [6.07, 6.45) is 1.23. The minimum atomic E-state index is -0.754. The van der Waals surface area contributed by atoms with Crippen LogP contribution in [0.3, 0.4) is 0 Å². The largest absolute Gasteiger partial charge is 0.481 e. The fourth-order valence-electron chi connectivity index (χ4n) is 2.35. The highest BCUT2D eigenvalue weighted by Gasteiger charge is 2.41. The summed E-state index contributed by atoms with van der Waals surface area (Å²) in [5.41, 5.74) is 0. The molecule has 1 saturated carbocycles. The zero-order valence-corrected chi connectivity index (χ0v) is 10.3. The molecule has 2 unspecified atom stereocenters. The number of hydrogen-bond acceptors (Lipinski definition) is 3. The van der Waals surface area contributed by atoms with Crippen molar-refractivity contribution < 1.29 is 14.7 Å². The number of nitrogens with zero attached hydrogens (tertiary/aromatic N) is 2. The van der Waals surface area contributed by atoms with Crippen LogP contribution >= 0.6 is 0 Å². The molecule has 1 amide bonds. The van der Waals surface area contributed by atoms with E-state index in [0.717, 1.165) is 32.6 Å². The maximum Gasteiger partial charge on any atom is 0.304 e. The fourth-order valence-corrected chi connectivity index (χ4v) is 2.35. The first kappa shape index (κ1) is 12.4. The van der Waals surface area contributed by atoms with E-state index < -0.39 is 5.97 Å². The van der Waals surface area contributed by atoms with Gasteiger partial charge in [0.25, 0.3) is 0 Å². The molecular weight excluding hydrogens is 220 g/mol. The molecule has 0 aromatic rings. The van der Waals surface area contributed by atoms with Crippen LogP contribution in [-0.2, 0) is 9.59 Å². The summed E-state index contributed by atoms with van der Waals surface area (Å²) >= 11 is 0. The summed E-state index contributed by atoms with van der Waals surface area (Å²) in [5, 5.41) is 8.60. The average molecular weight is 240 g/mol. The minimum absolute atomic E-state index is 0.188. The summed E-state index contributed by atoms with van der Waals surface area (Å²) in [6.45, 7) is 5.83. The predicted molar refractivity (Wildman–Crippen MR) is 62.5 cm³/mol. The Bertz CT molecular complexity index is 311. The maximum absolute atomic E-state index is 12.0. The summed E-state index contributed by atoms with van der Waals surface area (Å²) in [5.74, 6) is 0.374. The van der Waals surface area contributed by atoms with Crippen molar-refractivity contribution in [3.05, 3.63) is 0 Å². The van der Waals surface area contributed by atoms with Crippen molar-refractivity contribution >= 4 is 11.9 Å². The second kappa shape index (κ2) is 5.04. The predicted octanol–water partition coefficient (Wildman–Crippen LogP) is 0.261. The molecule has 2 atom stereocenters. The molecule has 2 rings (SSSR count). The molecule has 1 saturated heterocycles. The Morgan fingerprint density at radius 1 is 1.24 bits per heavy atom. The van der Waals surface area contributed by atoms with Gasteiger partial charge in [0.05, 0.1) is 6.42 Å². The molecule has 5 heteroatoms. The van der Waals surface area contributed by atoms with Gasteiger partial charge in [-0.25, -0.2) is 0 Å². The molecule has 0 radical (unpaired) electrons. The number of aliphatic carboxylic acids is 1. The van der Waals surface area contributed by atoms with Gasteiger partial charge < -0.3 is 10.0 Å². The third-order valence-corrected chi connectivity index (χ3v) is 3.75. The third-order valence-electron chi connectivity index (χ3n) is 3.75. The van der Waals surface area contributed by atoms with Crippen LogP contribution in [0.2, 0.25) is 0 Å². The number of hydrogen-bond donors (Lipinski definition) is 1.